The molecule has 2 aromatic carbocycles. The summed E-state index contributed by atoms with van der Waals surface area (Å²) in [6, 6.07) is 16.0. The molecule has 0 aliphatic rings. The predicted molar refractivity (Wildman–Crippen MR) is 101 cm³/mol. The summed E-state index contributed by atoms with van der Waals surface area (Å²) in [5, 5.41) is 8.90. The van der Waals surface area contributed by atoms with Gasteiger partial charge in [0.15, 0.2) is 5.69 Å². The number of halogens is 2. The van der Waals surface area contributed by atoms with E-state index in [9.17, 15) is 4.79 Å². The predicted octanol–water partition coefficient (Wildman–Crippen LogP) is 4.37. The van der Waals surface area contributed by atoms with Crippen LogP contribution in [0.1, 0.15) is 0 Å². The van der Waals surface area contributed by atoms with Crippen LogP contribution in [0.4, 0.5) is 0 Å². The Bertz CT molecular complexity index is 1140. The summed E-state index contributed by atoms with van der Waals surface area (Å²) in [5.74, 6) is 0.430. The molecule has 0 amide bonds. The summed E-state index contributed by atoms with van der Waals surface area (Å²) in [4.78, 5) is 16.6. The maximum Gasteiger partial charge on any atom is 0.282 e. The van der Waals surface area contributed by atoms with Crippen molar-refractivity contribution in [3.8, 4) is 28.7 Å². The zero-order valence-electron chi connectivity index (χ0n) is 13.1. The lowest BCUT2D eigenvalue weighted by atomic mass is 10.2. The lowest BCUT2D eigenvalue weighted by Gasteiger charge is -2.05. The molecule has 0 aliphatic heterocycles. The molecule has 26 heavy (non-hydrogen) atoms. The normalized spacial score (nSPS) is 10.8. The molecule has 0 radical (unpaired) electrons. The fourth-order valence-corrected chi connectivity index (χ4v) is 2.95. The smallest absolute Gasteiger partial charge is 0.282 e. The Balaban J connectivity index is 1.77. The van der Waals surface area contributed by atoms with Gasteiger partial charge in [0, 0.05) is 27.3 Å². The summed E-state index contributed by atoms with van der Waals surface area (Å²) >= 11 is 9.36. The Morgan fingerprint density at radius 2 is 1.81 bits per heavy atom. The Morgan fingerprint density at radius 1 is 1.04 bits per heavy atom. The van der Waals surface area contributed by atoms with Crippen LogP contribution in [-0.2, 0) is 0 Å². The van der Waals surface area contributed by atoms with Gasteiger partial charge in [-0.25, -0.2) is 4.68 Å². The molecular formula is C18H10BrClN4O2. The zero-order chi connectivity index (χ0) is 18.1. The molecule has 2 aromatic heterocycles. The summed E-state index contributed by atoms with van der Waals surface area (Å²) < 4.78 is 7.65. The van der Waals surface area contributed by atoms with Crippen molar-refractivity contribution in [3.63, 3.8) is 0 Å². The maximum atomic E-state index is 12.2. The lowest BCUT2D eigenvalue weighted by molar-refractivity contribution is 0.429. The second kappa shape index (κ2) is 6.86. The van der Waals surface area contributed by atoms with Crippen molar-refractivity contribution in [1.29, 1.82) is 0 Å². The molecule has 0 N–H and O–H groups in total. The molecule has 0 saturated heterocycles. The molecular weight excluding hydrogens is 420 g/mol. The molecule has 0 aliphatic carbocycles. The molecule has 0 bridgehead atoms. The molecule has 8 heteroatoms. The van der Waals surface area contributed by atoms with Crippen LogP contribution < -0.4 is 5.43 Å². The van der Waals surface area contributed by atoms with Crippen LogP contribution in [0.3, 0.4) is 0 Å². The highest BCUT2D eigenvalue weighted by atomic mass is 79.9. The third-order valence-corrected chi connectivity index (χ3v) is 4.59. The van der Waals surface area contributed by atoms with Gasteiger partial charge >= 0.3 is 0 Å². The lowest BCUT2D eigenvalue weighted by Crippen LogP contribution is -2.12. The molecule has 0 spiro atoms. The zero-order valence-corrected chi connectivity index (χ0v) is 15.5. The molecule has 2 heterocycles. The summed E-state index contributed by atoms with van der Waals surface area (Å²) in [5.41, 5.74) is 1.28. The summed E-state index contributed by atoms with van der Waals surface area (Å²) in [7, 11) is 0. The van der Waals surface area contributed by atoms with Crippen LogP contribution in [0.15, 0.2) is 74.6 Å². The maximum absolute atomic E-state index is 12.2. The highest BCUT2D eigenvalue weighted by Crippen LogP contribution is 2.26. The Kier molecular flexibility index (Phi) is 4.40. The molecule has 0 atom stereocenters. The van der Waals surface area contributed by atoms with Gasteiger partial charge in [0.25, 0.3) is 5.89 Å². The molecule has 6 nitrogen and oxygen atoms in total. The topological polar surface area (TPSA) is 73.8 Å². The van der Waals surface area contributed by atoms with Crippen LogP contribution in [0.25, 0.3) is 28.7 Å². The van der Waals surface area contributed by atoms with Crippen molar-refractivity contribution in [2.75, 3.05) is 0 Å². The van der Waals surface area contributed by atoms with E-state index in [0.717, 1.165) is 15.7 Å². The third-order valence-electron chi connectivity index (χ3n) is 3.64. The van der Waals surface area contributed by atoms with Gasteiger partial charge in [-0.3, -0.25) is 4.79 Å². The molecule has 4 rings (SSSR count). The number of nitrogens with zero attached hydrogens (tertiary/aromatic N) is 4. The van der Waals surface area contributed by atoms with Gasteiger partial charge in [-0.05, 0) is 36.4 Å². The van der Waals surface area contributed by atoms with Gasteiger partial charge in [-0.2, -0.15) is 10.1 Å². The van der Waals surface area contributed by atoms with Gasteiger partial charge in [0.05, 0.1) is 5.69 Å². The average Bonchev–Trinajstić information content (AvgIpc) is 3.13. The van der Waals surface area contributed by atoms with Crippen molar-refractivity contribution < 1.29 is 4.52 Å². The minimum absolute atomic E-state index is 0.0593. The minimum atomic E-state index is -0.308. The fourth-order valence-electron chi connectivity index (χ4n) is 2.36. The van der Waals surface area contributed by atoms with Crippen LogP contribution in [0.2, 0.25) is 5.02 Å². The number of aromatic nitrogens is 4. The summed E-state index contributed by atoms with van der Waals surface area (Å²) in [6.45, 7) is 0. The Labute approximate surface area is 161 Å². The van der Waals surface area contributed by atoms with Crippen molar-refractivity contribution in [3.05, 3.63) is 80.5 Å². The number of rotatable bonds is 3. The number of hydrogen-bond donors (Lipinski definition) is 0. The standard InChI is InChI=1S/C18H10BrClN4O2/c19-14-4-2-1-3-13(14)17-21-18(26-23-17)16-15(25)9-10-24(22-16)12-7-5-11(20)6-8-12/h1-10H. The van der Waals surface area contributed by atoms with Gasteiger partial charge in [-0.1, -0.05) is 44.8 Å². The van der Waals surface area contributed by atoms with Crippen LogP contribution >= 0.6 is 27.5 Å². The van der Waals surface area contributed by atoms with Gasteiger partial charge in [0.1, 0.15) is 0 Å². The van der Waals surface area contributed by atoms with Crippen molar-refractivity contribution in [2.24, 2.45) is 0 Å². The third kappa shape index (κ3) is 3.18. The van der Waals surface area contributed by atoms with Crippen LogP contribution in [0.5, 0.6) is 0 Å². The largest absolute Gasteiger partial charge is 0.332 e. The van der Waals surface area contributed by atoms with E-state index >= 15 is 0 Å². The van der Waals surface area contributed by atoms with E-state index in [-0.39, 0.29) is 17.0 Å². The SMILES string of the molecule is O=c1ccn(-c2ccc(Cl)cc2)nc1-c1nc(-c2ccccc2Br)no1. The van der Waals surface area contributed by atoms with E-state index in [1.807, 2.05) is 24.3 Å². The fraction of sp³-hybridized carbons (Fsp3) is 0. The first-order chi connectivity index (χ1) is 12.6. The van der Waals surface area contributed by atoms with E-state index in [0.29, 0.717) is 10.8 Å². The van der Waals surface area contributed by atoms with Crippen molar-refractivity contribution in [2.45, 2.75) is 0 Å². The Hall–Kier alpha value is -2.77. The molecule has 128 valence electrons. The number of hydrogen-bond acceptors (Lipinski definition) is 5. The van der Waals surface area contributed by atoms with E-state index in [1.54, 1.807) is 35.1 Å². The van der Waals surface area contributed by atoms with Crippen LogP contribution in [-0.4, -0.2) is 19.9 Å². The highest BCUT2D eigenvalue weighted by Gasteiger charge is 2.17. The van der Waals surface area contributed by atoms with Gasteiger partial charge in [-0.15, -0.1) is 0 Å². The van der Waals surface area contributed by atoms with Gasteiger partial charge in [0.2, 0.25) is 11.3 Å². The second-order valence-electron chi connectivity index (χ2n) is 5.35. The first-order valence-corrected chi connectivity index (χ1v) is 8.74. The molecule has 0 saturated carbocycles. The van der Waals surface area contributed by atoms with Crippen LogP contribution in [0, 0.1) is 0 Å². The van der Waals surface area contributed by atoms with Crippen molar-refractivity contribution >= 4 is 27.5 Å². The molecule has 0 fully saturated rings. The van der Waals surface area contributed by atoms with E-state index in [4.69, 9.17) is 16.1 Å². The van der Waals surface area contributed by atoms with E-state index < -0.39 is 0 Å². The molecule has 0 unspecified atom stereocenters. The highest BCUT2D eigenvalue weighted by molar-refractivity contribution is 9.10. The monoisotopic (exact) mass is 428 g/mol. The van der Waals surface area contributed by atoms with E-state index in [1.165, 1.54) is 6.07 Å². The average molecular weight is 430 g/mol. The first-order valence-electron chi connectivity index (χ1n) is 7.57. The van der Waals surface area contributed by atoms with Gasteiger partial charge < -0.3 is 4.52 Å². The Morgan fingerprint density at radius 3 is 2.58 bits per heavy atom. The van der Waals surface area contributed by atoms with E-state index in [2.05, 4.69) is 31.2 Å². The first kappa shape index (κ1) is 16.7. The number of benzene rings is 2. The quantitative estimate of drug-likeness (QED) is 0.483. The minimum Gasteiger partial charge on any atom is -0.332 e. The second-order valence-corrected chi connectivity index (χ2v) is 6.64. The summed E-state index contributed by atoms with van der Waals surface area (Å²) in [6.07, 6.45) is 1.57. The molecule has 4 aromatic rings. The van der Waals surface area contributed by atoms with Crippen molar-refractivity contribution in [1.82, 2.24) is 19.9 Å².